The van der Waals surface area contributed by atoms with E-state index < -0.39 is 11.9 Å². The molecule has 1 aliphatic rings. The molecule has 1 aromatic carbocycles. The van der Waals surface area contributed by atoms with E-state index in [0.29, 0.717) is 23.4 Å². The number of hydrogen-bond acceptors (Lipinski definition) is 5. The van der Waals surface area contributed by atoms with Crippen LogP contribution in [-0.2, 0) is 16.1 Å². The number of nitrogens with one attached hydrogen (secondary N) is 1. The third-order valence-corrected chi connectivity index (χ3v) is 5.40. The van der Waals surface area contributed by atoms with Gasteiger partial charge in [-0.1, -0.05) is 36.3 Å². The van der Waals surface area contributed by atoms with Crippen LogP contribution in [0.5, 0.6) is 0 Å². The van der Waals surface area contributed by atoms with Gasteiger partial charge in [0.15, 0.2) is 5.78 Å². The quantitative estimate of drug-likeness (QED) is 0.542. The van der Waals surface area contributed by atoms with Crippen molar-refractivity contribution in [3.05, 3.63) is 63.9 Å². The minimum absolute atomic E-state index is 0. The van der Waals surface area contributed by atoms with Gasteiger partial charge in [-0.25, -0.2) is 4.39 Å². The second kappa shape index (κ2) is 12.4. The first-order valence-corrected chi connectivity index (χ1v) is 10.1. The second-order valence-corrected chi connectivity index (χ2v) is 7.58. The minimum Gasteiger partial charge on any atom is -0.638 e. The van der Waals surface area contributed by atoms with Crippen LogP contribution in [-0.4, -0.2) is 40.8 Å². The maximum atomic E-state index is 14.1. The van der Waals surface area contributed by atoms with Crippen LogP contribution < -0.4 is 62.4 Å². The molecule has 0 bridgehead atoms. The zero-order valence-electron chi connectivity index (χ0n) is 17.6. The van der Waals surface area contributed by atoms with Gasteiger partial charge in [-0.15, -0.1) is 6.54 Å². The molecule has 1 amide bonds. The first-order valence-electron chi connectivity index (χ1n) is 9.71. The van der Waals surface area contributed by atoms with Crippen molar-refractivity contribution in [1.29, 1.82) is 0 Å². The summed E-state index contributed by atoms with van der Waals surface area (Å²) >= 11 is 5.82. The van der Waals surface area contributed by atoms with Gasteiger partial charge in [-0.3, -0.25) is 14.6 Å². The zero-order chi connectivity index (χ0) is 21.7. The molecule has 0 spiro atoms. The summed E-state index contributed by atoms with van der Waals surface area (Å²) < 4.78 is 14.1. The average molecular weight is 472 g/mol. The molecule has 10 heteroatoms. The van der Waals surface area contributed by atoms with Gasteiger partial charge in [-0.2, -0.15) is 0 Å². The molecule has 2 aromatic rings. The molecular formula is C21H24ClFKN5O2. The van der Waals surface area contributed by atoms with E-state index in [9.17, 15) is 14.0 Å². The predicted molar refractivity (Wildman–Crippen MR) is 114 cm³/mol. The fourth-order valence-corrected chi connectivity index (χ4v) is 3.61. The first kappa shape index (κ1) is 26.3. The summed E-state index contributed by atoms with van der Waals surface area (Å²) in [6.07, 6.45) is 4.33. The number of rotatable bonds is 8. The van der Waals surface area contributed by atoms with E-state index in [4.69, 9.17) is 17.3 Å². The van der Waals surface area contributed by atoms with Crippen molar-refractivity contribution in [2.45, 2.75) is 38.5 Å². The van der Waals surface area contributed by atoms with Crippen LogP contribution in [0.15, 0.2) is 36.7 Å². The van der Waals surface area contributed by atoms with Gasteiger partial charge in [0.05, 0.1) is 29.5 Å². The second-order valence-electron chi connectivity index (χ2n) is 7.17. The summed E-state index contributed by atoms with van der Waals surface area (Å²) in [5.74, 6) is -0.798. The number of pyridine rings is 1. The smallest absolute Gasteiger partial charge is 0.638 e. The number of nitrogens with zero attached hydrogens (tertiary/aromatic N) is 3. The molecule has 2 atom stereocenters. The van der Waals surface area contributed by atoms with Crippen molar-refractivity contribution in [2.24, 2.45) is 5.73 Å². The molecule has 1 aromatic heterocycles. The molecule has 160 valence electrons. The molecule has 1 saturated heterocycles. The van der Waals surface area contributed by atoms with Crippen LogP contribution >= 0.6 is 11.6 Å². The summed E-state index contributed by atoms with van der Waals surface area (Å²) in [6, 6.07) is 5.67. The Bertz CT molecular complexity index is 932. The van der Waals surface area contributed by atoms with Crippen molar-refractivity contribution in [1.82, 2.24) is 9.88 Å². The van der Waals surface area contributed by atoms with Gasteiger partial charge in [-0.05, 0) is 31.0 Å². The van der Waals surface area contributed by atoms with Gasteiger partial charge in [0.25, 0.3) is 0 Å². The molecule has 0 saturated carbocycles. The Balaban J connectivity index is 0.00000341. The van der Waals surface area contributed by atoms with Crippen molar-refractivity contribution in [2.75, 3.05) is 18.4 Å². The number of amides is 1. The topological polar surface area (TPSA) is 102 Å². The molecule has 3 N–H and O–H groups in total. The van der Waals surface area contributed by atoms with E-state index in [-0.39, 0.29) is 87.4 Å². The Morgan fingerprint density at radius 3 is 2.94 bits per heavy atom. The zero-order valence-corrected chi connectivity index (χ0v) is 21.5. The Hall–Kier alpha value is -0.914. The molecule has 0 aliphatic carbocycles. The maximum absolute atomic E-state index is 14.1. The maximum Gasteiger partial charge on any atom is 1.00 e. The summed E-state index contributed by atoms with van der Waals surface area (Å²) in [4.78, 5) is 30.1. The fourth-order valence-electron chi connectivity index (χ4n) is 3.42. The number of anilines is 1. The molecule has 1 fully saturated rings. The normalized spacial score (nSPS) is 16.5. The molecule has 2 unspecified atom stereocenters. The van der Waals surface area contributed by atoms with Crippen LogP contribution in [0.2, 0.25) is 5.02 Å². The Morgan fingerprint density at radius 2 is 2.19 bits per heavy atom. The summed E-state index contributed by atoms with van der Waals surface area (Å²) in [6.45, 7) is 2.16. The van der Waals surface area contributed by atoms with E-state index in [0.717, 1.165) is 12.8 Å². The minimum atomic E-state index is -0.785. The number of nitrogens with two attached hydrogens (primary N) is 1. The van der Waals surface area contributed by atoms with E-state index in [1.807, 2.05) is 0 Å². The molecule has 31 heavy (non-hydrogen) atoms. The molecule has 3 rings (SSSR count). The van der Waals surface area contributed by atoms with E-state index >= 15 is 0 Å². The van der Waals surface area contributed by atoms with Gasteiger partial charge in [0.1, 0.15) is 5.82 Å². The summed E-state index contributed by atoms with van der Waals surface area (Å²) in [5, 5.41) is 7.61. The number of benzene rings is 1. The van der Waals surface area contributed by atoms with Crippen LogP contribution in [0.25, 0.3) is 5.32 Å². The SMILES string of the molecule is CC(=O)C(N)c1ccncc1NCC(=O)N1CCCC1[N-]Cc1cccc(Cl)c1F.[K+]. The molecule has 2 heterocycles. The van der Waals surface area contributed by atoms with Gasteiger partial charge >= 0.3 is 51.4 Å². The van der Waals surface area contributed by atoms with Crippen LogP contribution in [0.1, 0.15) is 36.9 Å². The summed E-state index contributed by atoms with van der Waals surface area (Å²) in [7, 11) is 0. The van der Waals surface area contributed by atoms with E-state index in [1.54, 1.807) is 35.5 Å². The van der Waals surface area contributed by atoms with Crippen molar-refractivity contribution >= 4 is 29.0 Å². The van der Waals surface area contributed by atoms with Crippen LogP contribution in [0.4, 0.5) is 10.1 Å². The largest absolute Gasteiger partial charge is 1.00 e. The summed E-state index contributed by atoms with van der Waals surface area (Å²) in [5.41, 5.74) is 7.47. The number of carbonyl (C=O) groups is 2. The molecule has 0 radical (unpaired) electrons. The van der Waals surface area contributed by atoms with Crippen LogP contribution in [0, 0.1) is 5.82 Å². The number of hydrogen-bond donors (Lipinski definition) is 2. The average Bonchev–Trinajstić information content (AvgIpc) is 3.21. The molecule has 1 aliphatic heterocycles. The monoisotopic (exact) mass is 471 g/mol. The number of aromatic nitrogens is 1. The number of Topliss-reactive ketones (excluding diaryl/α,β-unsaturated/α-hetero) is 1. The number of likely N-dealkylation sites (tertiary alicyclic amines) is 1. The van der Waals surface area contributed by atoms with E-state index in [1.165, 1.54) is 13.0 Å². The van der Waals surface area contributed by atoms with Crippen LogP contribution in [0.3, 0.4) is 0 Å². The van der Waals surface area contributed by atoms with Gasteiger partial charge in [0.2, 0.25) is 5.91 Å². The number of halogens is 2. The molecular weight excluding hydrogens is 448 g/mol. The number of ketones is 1. The van der Waals surface area contributed by atoms with Gasteiger partial charge < -0.3 is 21.3 Å². The number of carbonyl (C=O) groups excluding carboxylic acids is 2. The van der Waals surface area contributed by atoms with Gasteiger partial charge in [0, 0.05) is 18.3 Å². The predicted octanol–water partition coefficient (Wildman–Crippen LogP) is 0.401. The molecule has 7 nitrogen and oxygen atoms in total. The Labute approximate surface area is 228 Å². The standard InChI is InChI=1S/C21H24ClFN5O2.K/c1-13(29)21(24)15-7-8-25-11-17(15)26-12-19(30)28-9-3-6-18(28)27-10-14-4-2-5-16(22)20(14)23;/h2,4-5,7-8,11,18,21,26H,3,6,9-10,12,24H2,1H3;/q-1;+1. The van der Waals surface area contributed by atoms with E-state index in [2.05, 4.69) is 15.6 Å². The Kier molecular flexibility index (Phi) is 10.5. The van der Waals surface area contributed by atoms with Crippen molar-refractivity contribution in [3.8, 4) is 0 Å². The van der Waals surface area contributed by atoms with Crippen molar-refractivity contribution < 1.29 is 65.4 Å². The Morgan fingerprint density at radius 1 is 1.42 bits per heavy atom. The first-order chi connectivity index (χ1) is 14.4. The third-order valence-electron chi connectivity index (χ3n) is 5.10. The van der Waals surface area contributed by atoms with Crippen molar-refractivity contribution in [3.63, 3.8) is 0 Å². The third kappa shape index (κ3) is 6.78. The fraction of sp³-hybridized carbons (Fsp3) is 0.381.